The largest absolute Gasteiger partial charge is 0.508 e. The Morgan fingerprint density at radius 3 is 2.95 bits per heavy atom. The first-order valence-electron chi connectivity index (χ1n) is 6.47. The van der Waals surface area contributed by atoms with Gasteiger partial charge in [0.15, 0.2) is 0 Å². The molecule has 0 saturated heterocycles. The molecule has 0 amide bonds. The molecule has 6 nitrogen and oxygen atoms in total. The molecule has 0 radical (unpaired) electrons. The second-order valence-corrected chi connectivity index (χ2v) is 5.13. The van der Waals surface area contributed by atoms with E-state index >= 15 is 0 Å². The summed E-state index contributed by atoms with van der Waals surface area (Å²) in [5.41, 5.74) is 1.71. The number of hydrogen-bond acceptors (Lipinski definition) is 7. The fraction of sp³-hybridized carbons (Fsp3) is 0.133. The van der Waals surface area contributed by atoms with Gasteiger partial charge in [-0.2, -0.15) is 0 Å². The van der Waals surface area contributed by atoms with Crippen LogP contribution in [0, 0.1) is 0 Å². The molecule has 0 spiro atoms. The summed E-state index contributed by atoms with van der Waals surface area (Å²) in [5.74, 6) is -1.02. The minimum atomic E-state index is -0.743. The summed E-state index contributed by atoms with van der Waals surface area (Å²) in [6.07, 6.45) is 0. The Morgan fingerprint density at radius 2 is 2.27 bits per heavy atom. The highest BCUT2D eigenvalue weighted by atomic mass is 32.1. The van der Waals surface area contributed by atoms with E-state index in [0.717, 1.165) is 0 Å². The van der Waals surface area contributed by atoms with Crippen molar-refractivity contribution in [1.29, 1.82) is 0 Å². The topological polar surface area (TPSA) is 89.6 Å². The van der Waals surface area contributed by atoms with Crippen LogP contribution in [-0.2, 0) is 4.74 Å². The van der Waals surface area contributed by atoms with Crippen molar-refractivity contribution in [2.24, 2.45) is 0 Å². The molecule has 2 heterocycles. The van der Waals surface area contributed by atoms with Crippen LogP contribution < -0.4 is 5.43 Å². The fourth-order valence-corrected chi connectivity index (χ4v) is 2.63. The number of phenols is 1. The fourth-order valence-electron chi connectivity index (χ4n) is 2.09. The lowest BCUT2D eigenvalue weighted by molar-refractivity contribution is 0.0492. The Labute approximate surface area is 128 Å². The van der Waals surface area contributed by atoms with Gasteiger partial charge in [0.05, 0.1) is 28.8 Å². The highest BCUT2D eigenvalue weighted by molar-refractivity contribution is 7.07. The molecular formula is C15H11NO5S. The molecule has 0 aliphatic rings. The first kappa shape index (κ1) is 14.3. The number of carbonyl (C=O) groups is 1. The summed E-state index contributed by atoms with van der Waals surface area (Å²) in [6.45, 7) is 1.81. The van der Waals surface area contributed by atoms with Crippen LogP contribution in [0.25, 0.3) is 22.2 Å². The number of phenolic OH excluding ortho intramolecular Hbond substituents is 1. The van der Waals surface area contributed by atoms with Gasteiger partial charge in [-0.1, -0.05) is 0 Å². The lowest BCUT2D eigenvalue weighted by Crippen LogP contribution is -2.15. The van der Waals surface area contributed by atoms with Gasteiger partial charge in [-0.05, 0) is 19.1 Å². The SMILES string of the molecule is CCOC(=O)c1oc2cc(O)ccc2c(=O)c1-c1cscn1. The second kappa shape index (κ2) is 5.61. The monoisotopic (exact) mass is 317 g/mol. The number of esters is 1. The molecule has 0 atom stereocenters. The predicted octanol–water partition coefficient (Wildman–Crippen LogP) is 2.80. The zero-order valence-electron chi connectivity index (χ0n) is 11.5. The van der Waals surface area contributed by atoms with Crippen LogP contribution in [0.5, 0.6) is 5.75 Å². The third kappa shape index (κ3) is 2.35. The predicted molar refractivity (Wildman–Crippen MR) is 81.2 cm³/mol. The summed E-state index contributed by atoms with van der Waals surface area (Å²) >= 11 is 1.30. The van der Waals surface area contributed by atoms with E-state index in [1.807, 2.05) is 0 Å². The number of benzene rings is 1. The number of rotatable bonds is 3. The molecule has 1 aromatic carbocycles. The van der Waals surface area contributed by atoms with Crippen LogP contribution in [0.1, 0.15) is 17.5 Å². The normalized spacial score (nSPS) is 10.8. The molecule has 0 bridgehead atoms. The molecule has 1 N–H and O–H groups in total. The Kier molecular flexibility index (Phi) is 3.64. The van der Waals surface area contributed by atoms with E-state index < -0.39 is 11.4 Å². The van der Waals surface area contributed by atoms with Gasteiger partial charge in [-0.15, -0.1) is 11.3 Å². The van der Waals surface area contributed by atoms with E-state index in [-0.39, 0.29) is 34.6 Å². The van der Waals surface area contributed by atoms with Crippen molar-refractivity contribution < 1.29 is 19.1 Å². The van der Waals surface area contributed by atoms with Gasteiger partial charge in [-0.3, -0.25) is 4.79 Å². The van der Waals surface area contributed by atoms with Gasteiger partial charge in [0.1, 0.15) is 11.3 Å². The van der Waals surface area contributed by atoms with E-state index in [1.54, 1.807) is 17.8 Å². The van der Waals surface area contributed by atoms with E-state index in [9.17, 15) is 14.7 Å². The number of hydrogen-bond donors (Lipinski definition) is 1. The van der Waals surface area contributed by atoms with Crippen LogP contribution in [-0.4, -0.2) is 22.7 Å². The molecule has 22 heavy (non-hydrogen) atoms. The summed E-state index contributed by atoms with van der Waals surface area (Å²) in [4.78, 5) is 28.9. The van der Waals surface area contributed by atoms with Gasteiger partial charge >= 0.3 is 5.97 Å². The number of aromatic hydroxyl groups is 1. The lowest BCUT2D eigenvalue weighted by Gasteiger charge is -2.08. The molecule has 0 saturated carbocycles. The highest BCUT2D eigenvalue weighted by Gasteiger charge is 2.24. The molecule has 0 aliphatic heterocycles. The van der Waals surface area contributed by atoms with Gasteiger partial charge in [-0.25, -0.2) is 9.78 Å². The lowest BCUT2D eigenvalue weighted by atomic mass is 10.1. The quantitative estimate of drug-likeness (QED) is 0.747. The number of aromatic nitrogens is 1. The third-order valence-electron chi connectivity index (χ3n) is 3.03. The number of ether oxygens (including phenoxy) is 1. The van der Waals surface area contributed by atoms with Crippen molar-refractivity contribution >= 4 is 28.3 Å². The van der Waals surface area contributed by atoms with Crippen LogP contribution in [0.4, 0.5) is 0 Å². The molecule has 3 aromatic rings. The number of nitrogens with zero attached hydrogens (tertiary/aromatic N) is 1. The number of fused-ring (bicyclic) bond motifs is 1. The number of carbonyl (C=O) groups excluding carboxylic acids is 1. The number of thiazole rings is 1. The summed E-state index contributed by atoms with van der Waals surface area (Å²) in [7, 11) is 0. The van der Waals surface area contributed by atoms with Crippen LogP contribution in [0.3, 0.4) is 0 Å². The smallest absolute Gasteiger partial charge is 0.375 e. The van der Waals surface area contributed by atoms with Gasteiger partial charge in [0, 0.05) is 11.4 Å². The Morgan fingerprint density at radius 1 is 1.45 bits per heavy atom. The van der Waals surface area contributed by atoms with Gasteiger partial charge < -0.3 is 14.3 Å². The molecule has 2 aromatic heterocycles. The van der Waals surface area contributed by atoms with Gasteiger partial charge in [0.2, 0.25) is 11.2 Å². The highest BCUT2D eigenvalue weighted by Crippen LogP contribution is 2.26. The summed E-state index contributed by atoms with van der Waals surface area (Å²) < 4.78 is 10.5. The third-order valence-corrected chi connectivity index (χ3v) is 3.61. The molecule has 0 aliphatic carbocycles. The van der Waals surface area contributed by atoms with E-state index in [4.69, 9.17) is 9.15 Å². The molecule has 7 heteroatoms. The standard InChI is InChI=1S/C15H11NO5S/c1-2-20-15(19)14-12(10-6-22-7-16-10)13(18)9-4-3-8(17)5-11(9)21-14/h3-7,17H,2H2,1H3. The summed E-state index contributed by atoms with van der Waals surface area (Å²) in [6, 6.07) is 4.11. The molecule has 112 valence electrons. The zero-order valence-corrected chi connectivity index (χ0v) is 12.3. The van der Waals surface area contributed by atoms with Crippen LogP contribution in [0.2, 0.25) is 0 Å². The maximum Gasteiger partial charge on any atom is 0.375 e. The summed E-state index contributed by atoms with van der Waals surface area (Å²) in [5, 5.41) is 11.4. The Balaban J connectivity index is 2.37. The first-order valence-corrected chi connectivity index (χ1v) is 7.41. The average molecular weight is 317 g/mol. The second-order valence-electron chi connectivity index (χ2n) is 4.41. The van der Waals surface area contributed by atoms with E-state index in [2.05, 4.69) is 4.98 Å². The minimum Gasteiger partial charge on any atom is -0.508 e. The zero-order chi connectivity index (χ0) is 15.7. The van der Waals surface area contributed by atoms with E-state index in [0.29, 0.717) is 5.69 Å². The molecule has 0 unspecified atom stereocenters. The Hall–Kier alpha value is -2.67. The molecule has 3 rings (SSSR count). The van der Waals surface area contributed by atoms with Crippen LogP contribution in [0.15, 0.2) is 38.3 Å². The first-order chi connectivity index (χ1) is 10.6. The van der Waals surface area contributed by atoms with Crippen molar-refractivity contribution in [3.05, 3.63) is 45.1 Å². The molecule has 0 fully saturated rings. The minimum absolute atomic E-state index is 0.0631. The van der Waals surface area contributed by atoms with E-state index in [1.165, 1.54) is 29.5 Å². The van der Waals surface area contributed by atoms with Crippen molar-refractivity contribution in [2.45, 2.75) is 6.92 Å². The van der Waals surface area contributed by atoms with Crippen LogP contribution >= 0.6 is 11.3 Å². The van der Waals surface area contributed by atoms with Crippen molar-refractivity contribution in [2.75, 3.05) is 6.61 Å². The van der Waals surface area contributed by atoms with Crippen molar-refractivity contribution in [3.8, 4) is 17.0 Å². The van der Waals surface area contributed by atoms with Gasteiger partial charge in [0.25, 0.3) is 0 Å². The van der Waals surface area contributed by atoms with Crippen molar-refractivity contribution in [1.82, 2.24) is 4.98 Å². The maximum atomic E-state index is 12.7. The van der Waals surface area contributed by atoms with Crippen molar-refractivity contribution in [3.63, 3.8) is 0 Å². The maximum absolute atomic E-state index is 12.7. The molecular weight excluding hydrogens is 306 g/mol. The average Bonchev–Trinajstić information content (AvgIpc) is 3.00. The Bertz CT molecular complexity index is 898.